The number of amides is 1. The lowest BCUT2D eigenvalue weighted by atomic mass is 9.65. The fourth-order valence-electron chi connectivity index (χ4n) is 4.77. The molecule has 3 aromatic rings. The van der Waals surface area contributed by atoms with Gasteiger partial charge in [-0.1, -0.05) is 67.1 Å². The second-order valence-corrected chi connectivity index (χ2v) is 9.11. The van der Waals surface area contributed by atoms with E-state index in [9.17, 15) is 4.79 Å². The molecule has 0 saturated heterocycles. The van der Waals surface area contributed by atoms with Crippen LogP contribution >= 0.6 is 11.6 Å². The van der Waals surface area contributed by atoms with E-state index < -0.39 is 0 Å². The van der Waals surface area contributed by atoms with Crippen LogP contribution in [0.4, 0.5) is 5.69 Å². The number of carbonyl (C=O) groups is 1. The molecule has 1 aliphatic heterocycles. The van der Waals surface area contributed by atoms with Crippen LogP contribution in [0.5, 0.6) is 5.75 Å². The molecule has 3 aromatic carbocycles. The summed E-state index contributed by atoms with van der Waals surface area (Å²) in [5.74, 6) is 0.648. The van der Waals surface area contributed by atoms with Gasteiger partial charge in [0.1, 0.15) is 5.75 Å². The molecule has 3 nitrogen and oxygen atoms in total. The molecule has 1 aliphatic rings. The van der Waals surface area contributed by atoms with Gasteiger partial charge in [-0.05, 0) is 61.7 Å². The molecule has 4 rings (SSSR count). The van der Waals surface area contributed by atoms with Crippen LogP contribution in [0.2, 0.25) is 5.02 Å². The zero-order chi connectivity index (χ0) is 21.4. The lowest BCUT2D eigenvalue weighted by molar-refractivity contribution is -0.121. The summed E-state index contributed by atoms with van der Waals surface area (Å²) in [6.07, 6.45) is 0.787. The van der Waals surface area contributed by atoms with Gasteiger partial charge in [0, 0.05) is 21.7 Å². The van der Waals surface area contributed by atoms with E-state index in [1.807, 2.05) is 65.6 Å². The van der Waals surface area contributed by atoms with Gasteiger partial charge in [-0.15, -0.1) is 0 Å². The standard InChI is InChI=1S/C26H26ClNO2/c1-25(2)18-26(3,19-13-15-20(27)16-14-19)22-11-7-8-12-23(22)28(25)24(29)17-30-21-9-5-4-6-10-21/h4-16H,17-18H2,1-3H3/t26-/m1/s1. The summed E-state index contributed by atoms with van der Waals surface area (Å²) in [4.78, 5) is 15.2. The maximum Gasteiger partial charge on any atom is 0.265 e. The lowest BCUT2D eigenvalue weighted by Gasteiger charge is -2.51. The number of hydrogen-bond acceptors (Lipinski definition) is 2. The molecule has 0 radical (unpaired) electrons. The lowest BCUT2D eigenvalue weighted by Crippen LogP contribution is -2.57. The van der Waals surface area contributed by atoms with Crippen molar-refractivity contribution in [2.24, 2.45) is 0 Å². The topological polar surface area (TPSA) is 29.5 Å². The number of benzene rings is 3. The molecule has 1 amide bonds. The average Bonchev–Trinajstić information content (AvgIpc) is 2.73. The summed E-state index contributed by atoms with van der Waals surface area (Å²) in [6.45, 7) is 6.49. The van der Waals surface area contributed by atoms with Crippen molar-refractivity contribution in [3.05, 3.63) is 95.0 Å². The highest BCUT2D eigenvalue weighted by Crippen LogP contribution is 2.50. The van der Waals surface area contributed by atoms with Gasteiger partial charge in [0.05, 0.1) is 0 Å². The second-order valence-electron chi connectivity index (χ2n) is 8.68. The Kier molecular flexibility index (Phi) is 5.33. The fourth-order valence-corrected chi connectivity index (χ4v) is 4.90. The summed E-state index contributed by atoms with van der Waals surface area (Å²) in [7, 11) is 0. The summed E-state index contributed by atoms with van der Waals surface area (Å²) in [6, 6.07) is 25.7. The fraction of sp³-hybridized carbons (Fsp3) is 0.269. The normalized spacial score (nSPS) is 19.8. The number of hydrogen-bond donors (Lipinski definition) is 0. The SMILES string of the molecule is CC1(C)C[C@](C)(c2ccc(Cl)cc2)c2ccccc2N1C(=O)COc1ccccc1. The van der Waals surface area contributed by atoms with Crippen molar-refractivity contribution >= 4 is 23.2 Å². The highest BCUT2D eigenvalue weighted by Gasteiger charge is 2.47. The van der Waals surface area contributed by atoms with Crippen molar-refractivity contribution in [2.45, 2.75) is 38.1 Å². The van der Waals surface area contributed by atoms with Gasteiger partial charge < -0.3 is 9.64 Å². The Balaban J connectivity index is 1.71. The predicted octanol–water partition coefficient (Wildman–Crippen LogP) is 6.24. The molecule has 30 heavy (non-hydrogen) atoms. The molecular formula is C26H26ClNO2. The number of para-hydroxylation sites is 2. The van der Waals surface area contributed by atoms with Crippen LogP contribution in [-0.4, -0.2) is 18.1 Å². The maximum absolute atomic E-state index is 13.3. The molecule has 0 bridgehead atoms. The Bertz CT molecular complexity index is 1050. The minimum atomic E-state index is -0.389. The summed E-state index contributed by atoms with van der Waals surface area (Å²) in [5, 5.41) is 0.723. The molecular weight excluding hydrogens is 394 g/mol. The van der Waals surface area contributed by atoms with E-state index in [4.69, 9.17) is 16.3 Å². The summed E-state index contributed by atoms with van der Waals surface area (Å²) in [5.41, 5.74) is 2.65. The van der Waals surface area contributed by atoms with Gasteiger partial charge in [-0.25, -0.2) is 0 Å². The van der Waals surface area contributed by atoms with E-state index in [2.05, 4.69) is 39.0 Å². The van der Waals surface area contributed by atoms with Gasteiger partial charge in [0.25, 0.3) is 5.91 Å². The smallest absolute Gasteiger partial charge is 0.265 e. The number of halogens is 1. The first-order chi connectivity index (χ1) is 14.3. The van der Waals surface area contributed by atoms with Crippen molar-refractivity contribution in [3.8, 4) is 5.75 Å². The number of fused-ring (bicyclic) bond motifs is 1. The van der Waals surface area contributed by atoms with Crippen LogP contribution in [0.25, 0.3) is 0 Å². The van der Waals surface area contributed by atoms with Crippen molar-refractivity contribution < 1.29 is 9.53 Å². The van der Waals surface area contributed by atoms with Crippen LogP contribution in [0.15, 0.2) is 78.9 Å². The molecule has 1 heterocycles. The Morgan fingerprint density at radius 2 is 1.57 bits per heavy atom. The second kappa shape index (κ2) is 7.81. The maximum atomic E-state index is 13.3. The Labute approximate surface area is 183 Å². The first-order valence-electron chi connectivity index (χ1n) is 10.2. The Hall–Kier alpha value is -2.78. The molecule has 4 heteroatoms. The van der Waals surface area contributed by atoms with E-state index >= 15 is 0 Å². The van der Waals surface area contributed by atoms with Crippen LogP contribution < -0.4 is 9.64 Å². The van der Waals surface area contributed by atoms with Gasteiger partial charge in [0.15, 0.2) is 6.61 Å². The molecule has 0 N–H and O–H groups in total. The average molecular weight is 420 g/mol. The third-order valence-corrected chi connectivity index (χ3v) is 6.22. The molecule has 0 saturated carbocycles. The number of carbonyl (C=O) groups excluding carboxylic acids is 1. The largest absolute Gasteiger partial charge is 0.484 e. The highest BCUT2D eigenvalue weighted by atomic mass is 35.5. The molecule has 0 aliphatic carbocycles. The summed E-state index contributed by atoms with van der Waals surface area (Å²) < 4.78 is 5.77. The van der Waals surface area contributed by atoms with Crippen LogP contribution in [0.3, 0.4) is 0 Å². The monoisotopic (exact) mass is 419 g/mol. The van der Waals surface area contributed by atoms with Gasteiger partial charge >= 0.3 is 0 Å². The molecule has 0 unspecified atom stereocenters. The summed E-state index contributed by atoms with van der Waals surface area (Å²) >= 11 is 6.14. The van der Waals surface area contributed by atoms with Crippen LogP contribution in [0, 0.1) is 0 Å². The first kappa shape index (κ1) is 20.5. The molecule has 0 spiro atoms. The zero-order valence-corrected chi connectivity index (χ0v) is 18.3. The van der Waals surface area contributed by atoms with Crippen molar-refractivity contribution in [2.75, 3.05) is 11.5 Å². The van der Waals surface area contributed by atoms with E-state index in [-0.39, 0.29) is 23.5 Å². The Morgan fingerprint density at radius 3 is 2.27 bits per heavy atom. The number of anilines is 1. The van der Waals surface area contributed by atoms with Crippen LogP contribution in [0.1, 0.15) is 38.3 Å². The van der Waals surface area contributed by atoms with Gasteiger partial charge in [-0.3, -0.25) is 4.79 Å². The van der Waals surface area contributed by atoms with Crippen molar-refractivity contribution in [1.82, 2.24) is 0 Å². The number of nitrogens with zero attached hydrogens (tertiary/aromatic N) is 1. The third kappa shape index (κ3) is 3.70. The number of rotatable bonds is 4. The highest BCUT2D eigenvalue weighted by molar-refractivity contribution is 6.30. The van der Waals surface area contributed by atoms with Crippen molar-refractivity contribution in [3.63, 3.8) is 0 Å². The minimum Gasteiger partial charge on any atom is -0.484 e. The number of ether oxygens (including phenoxy) is 1. The minimum absolute atomic E-state index is 0.000559. The third-order valence-electron chi connectivity index (χ3n) is 5.97. The van der Waals surface area contributed by atoms with E-state index in [0.717, 1.165) is 22.7 Å². The molecule has 154 valence electrons. The Morgan fingerprint density at radius 1 is 0.933 bits per heavy atom. The molecule has 0 fully saturated rings. The zero-order valence-electron chi connectivity index (χ0n) is 17.6. The van der Waals surface area contributed by atoms with E-state index in [0.29, 0.717) is 5.75 Å². The first-order valence-corrected chi connectivity index (χ1v) is 10.6. The molecule has 1 atom stereocenters. The van der Waals surface area contributed by atoms with Crippen molar-refractivity contribution in [1.29, 1.82) is 0 Å². The quantitative estimate of drug-likeness (QED) is 0.500. The van der Waals surface area contributed by atoms with Gasteiger partial charge in [0.2, 0.25) is 0 Å². The van der Waals surface area contributed by atoms with E-state index in [1.165, 1.54) is 5.56 Å². The molecule has 0 aromatic heterocycles. The van der Waals surface area contributed by atoms with Crippen LogP contribution in [-0.2, 0) is 10.2 Å². The predicted molar refractivity (Wildman–Crippen MR) is 122 cm³/mol. The van der Waals surface area contributed by atoms with Gasteiger partial charge in [-0.2, -0.15) is 0 Å². The van der Waals surface area contributed by atoms with E-state index in [1.54, 1.807) is 0 Å².